The molecule has 7 nitrogen and oxygen atoms in total. The lowest BCUT2D eigenvalue weighted by molar-refractivity contribution is -0.118. The minimum absolute atomic E-state index is 0.205. The summed E-state index contributed by atoms with van der Waals surface area (Å²) in [6.45, 7) is 6.17. The van der Waals surface area contributed by atoms with E-state index in [1.165, 1.54) is 12.8 Å². The molecule has 156 valence electrons. The Morgan fingerprint density at radius 1 is 1.17 bits per heavy atom. The third kappa shape index (κ3) is 5.59. The molecule has 0 saturated carbocycles. The van der Waals surface area contributed by atoms with Crippen LogP contribution in [0.25, 0.3) is 0 Å². The van der Waals surface area contributed by atoms with Crippen molar-refractivity contribution in [2.75, 3.05) is 23.3 Å². The van der Waals surface area contributed by atoms with E-state index < -0.39 is 6.04 Å². The lowest BCUT2D eigenvalue weighted by Crippen LogP contribution is -2.43. The fourth-order valence-corrected chi connectivity index (χ4v) is 3.65. The van der Waals surface area contributed by atoms with Crippen LogP contribution in [0.3, 0.4) is 0 Å². The molecule has 1 aromatic carbocycles. The van der Waals surface area contributed by atoms with Gasteiger partial charge < -0.3 is 15.5 Å². The second-order valence-corrected chi connectivity index (χ2v) is 7.58. The van der Waals surface area contributed by atoms with Crippen LogP contribution in [0.5, 0.6) is 0 Å². The highest BCUT2D eigenvalue weighted by Gasteiger charge is 2.22. The first kappa shape index (κ1) is 20.9. The van der Waals surface area contributed by atoms with Gasteiger partial charge in [-0.2, -0.15) is 5.10 Å². The summed E-state index contributed by atoms with van der Waals surface area (Å²) in [7, 11) is 0. The summed E-state index contributed by atoms with van der Waals surface area (Å²) in [6, 6.07) is 9.05. The molecule has 1 fully saturated rings. The average molecular weight is 398 g/mol. The number of rotatable bonds is 9. The van der Waals surface area contributed by atoms with E-state index in [0.29, 0.717) is 12.1 Å². The van der Waals surface area contributed by atoms with Gasteiger partial charge in [0, 0.05) is 30.2 Å². The van der Waals surface area contributed by atoms with Gasteiger partial charge in [0.1, 0.15) is 11.7 Å². The van der Waals surface area contributed by atoms with E-state index in [2.05, 4.69) is 38.7 Å². The molecule has 0 radical (unpaired) electrons. The van der Waals surface area contributed by atoms with Crippen molar-refractivity contribution < 1.29 is 9.59 Å². The van der Waals surface area contributed by atoms with Crippen molar-refractivity contribution >= 4 is 23.2 Å². The molecule has 2 heterocycles. The van der Waals surface area contributed by atoms with Crippen molar-refractivity contribution in [1.82, 2.24) is 15.5 Å². The molecule has 29 heavy (non-hydrogen) atoms. The molecular weight excluding hydrogens is 366 g/mol. The van der Waals surface area contributed by atoms with E-state index >= 15 is 0 Å². The summed E-state index contributed by atoms with van der Waals surface area (Å²) >= 11 is 0. The number of H-pyrrole nitrogens is 1. The molecule has 2 aromatic rings. The van der Waals surface area contributed by atoms with Gasteiger partial charge >= 0.3 is 0 Å². The lowest BCUT2D eigenvalue weighted by atomic mass is 10.1. The van der Waals surface area contributed by atoms with E-state index in [9.17, 15) is 9.59 Å². The number of hydrogen-bond acceptors (Lipinski definition) is 4. The van der Waals surface area contributed by atoms with Crippen molar-refractivity contribution in [3.8, 4) is 0 Å². The van der Waals surface area contributed by atoms with E-state index in [-0.39, 0.29) is 11.8 Å². The summed E-state index contributed by atoms with van der Waals surface area (Å²) < 4.78 is 0. The molecule has 1 aromatic heterocycles. The lowest BCUT2D eigenvalue weighted by Gasteiger charge is -2.20. The molecule has 0 bridgehead atoms. The van der Waals surface area contributed by atoms with Gasteiger partial charge in [-0.15, -0.1) is 0 Å². The number of carbonyl (C=O) groups excluding carboxylic acids is 2. The summed E-state index contributed by atoms with van der Waals surface area (Å²) in [5.41, 5.74) is 3.11. The molecule has 3 N–H and O–H groups in total. The fraction of sp³-hybridized carbons (Fsp3) is 0.500. The predicted molar refractivity (Wildman–Crippen MR) is 115 cm³/mol. The van der Waals surface area contributed by atoms with Crippen LogP contribution >= 0.6 is 0 Å². The van der Waals surface area contributed by atoms with E-state index in [1.54, 1.807) is 6.07 Å². The maximum Gasteiger partial charge on any atom is 0.272 e. The Morgan fingerprint density at radius 2 is 1.97 bits per heavy atom. The first-order valence-electron chi connectivity index (χ1n) is 10.6. The summed E-state index contributed by atoms with van der Waals surface area (Å²) in [5, 5.41) is 12.8. The Bertz CT molecular complexity index is 826. The third-order valence-electron chi connectivity index (χ3n) is 5.17. The first-order valence-corrected chi connectivity index (χ1v) is 10.6. The van der Waals surface area contributed by atoms with E-state index in [1.807, 2.05) is 25.1 Å². The van der Waals surface area contributed by atoms with Crippen LogP contribution in [-0.2, 0) is 11.2 Å². The number of hydrogen-bond donors (Lipinski definition) is 3. The second kappa shape index (κ2) is 10.1. The van der Waals surface area contributed by atoms with Crippen LogP contribution in [0.4, 0.5) is 11.4 Å². The standard InChI is InChI=1S/C22H31N5O2/c1-3-8-17-15-20(26-25-17)22(29)24-19(9-4-2)21(28)23-16-10-7-11-18(14-16)27-12-5-6-13-27/h7,10-11,14-15,19H,3-6,8-9,12-13H2,1-2H3,(H,23,28)(H,24,29)(H,25,26). The number of benzene rings is 1. The second-order valence-electron chi connectivity index (χ2n) is 7.58. The maximum absolute atomic E-state index is 12.8. The van der Waals surface area contributed by atoms with Gasteiger partial charge in [-0.25, -0.2) is 0 Å². The number of nitrogens with one attached hydrogen (secondary N) is 3. The van der Waals surface area contributed by atoms with Crippen molar-refractivity contribution in [2.45, 2.75) is 58.4 Å². The normalized spacial score (nSPS) is 14.6. The smallest absolute Gasteiger partial charge is 0.272 e. The molecule has 0 aliphatic carbocycles. The van der Waals surface area contributed by atoms with Crippen LogP contribution in [0.1, 0.15) is 62.1 Å². The van der Waals surface area contributed by atoms with Crippen LogP contribution in [0.2, 0.25) is 0 Å². The molecule has 1 unspecified atom stereocenters. The van der Waals surface area contributed by atoms with Gasteiger partial charge in [0.2, 0.25) is 5.91 Å². The molecule has 1 saturated heterocycles. The Hall–Kier alpha value is -2.83. The van der Waals surface area contributed by atoms with Crippen LogP contribution in [-0.4, -0.2) is 41.1 Å². The predicted octanol–water partition coefficient (Wildman–Crippen LogP) is 3.50. The molecule has 2 amide bonds. The summed E-state index contributed by atoms with van der Waals surface area (Å²) in [5.74, 6) is -0.536. The van der Waals surface area contributed by atoms with Crippen molar-refractivity contribution in [3.05, 3.63) is 41.7 Å². The minimum Gasteiger partial charge on any atom is -0.371 e. The Morgan fingerprint density at radius 3 is 2.69 bits per heavy atom. The quantitative estimate of drug-likeness (QED) is 0.604. The number of amides is 2. The van der Waals surface area contributed by atoms with Crippen LogP contribution in [0.15, 0.2) is 30.3 Å². The Balaban J connectivity index is 1.64. The van der Waals surface area contributed by atoms with Crippen molar-refractivity contribution in [2.24, 2.45) is 0 Å². The highest BCUT2D eigenvalue weighted by Crippen LogP contribution is 2.23. The van der Waals surface area contributed by atoms with Crippen LogP contribution < -0.4 is 15.5 Å². The van der Waals surface area contributed by atoms with Crippen molar-refractivity contribution in [1.29, 1.82) is 0 Å². The highest BCUT2D eigenvalue weighted by molar-refractivity contribution is 6.00. The van der Waals surface area contributed by atoms with Gasteiger partial charge in [-0.05, 0) is 49.9 Å². The third-order valence-corrected chi connectivity index (χ3v) is 5.17. The number of anilines is 2. The van der Waals surface area contributed by atoms with Gasteiger partial charge in [-0.3, -0.25) is 14.7 Å². The molecule has 1 aliphatic heterocycles. The zero-order chi connectivity index (χ0) is 20.6. The first-order chi connectivity index (χ1) is 14.1. The van der Waals surface area contributed by atoms with Gasteiger partial charge in [0.25, 0.3) is 5.91 Å². The van der Waals surface area contributed by atoms with E-state index in [4.69, 9.17) is 0 Å². The topological polar surface area (TPSA) is 90.1 Å². The number of aromatic nitrogens is 2. The molecular formula is C22H31N5O2. The molecule has 0 spiro atoms. The van der Waals surface area contributed by atoms with E-state index in [0.717, 1.165) is 49.4 Å². The largest absolute Gasteiger partial charge is 0.371 e. The minimum atomic E-state index is -0.603. The molecule has 1 atom stereocenters. The maximum atomic E-state index is 12.8. The summed E-state index contributed by atoms with van der Waals surface area (Å²) in [4.78, 5) is 27.7. The van der Waals surface area contributed by atoms with Gasteiger partial charge in [0.15, 0.2) is 0 Å². The Kier molecular flexibility index (Phi) is 7.27. The highest BCUT2D eigenvalue weighted by atomic mass is 16.2. The number of nitrogens with zero attached hydrogens (tertiary/aromatic N) is 2. The molecule has 3 rings (SSSR count). The number of carbonyl (C=O) groups is 2. The monoisotopic (exact) mass is 397 g/mol. The zero-order valence-corrected chi connectivity index (χ0v) is 17.3. The average Bonchev–Trinajstić information content (AvgIpc) is 3.40. The molecule has 1 aliphatic rings. The van der Waals surface area contributed by atoms with Crippen LogP contribution in [0, 0.1) is 0 Å². The van der Waals surface area contributed by atoms with Gasteiger partial charge in [-0.1, -0.05) is 32.8 Å². The Labute approximate surface area is 172 Å². The zero-order valence-electron chi connectivity index (χ0n) is 17.3. The summed E-state index contributed by atoms with van der Waals surface area (Å²) in [6.07, 6.45) is 5.57. The van der Waals surface area contributed by atoms with Crippen molar-refractivity contribution in [3.63, 3.8) is 0 Å². The SMILES string of the molecule is CCCc1cc(C(=O)NC(CCC)C(=O)Nc2cccc(N3CCCC3)c2)n[nH]1. The fourth-order valence-electron chi connectivity index (χ4n) is 3.65. The number of aromatic amines is 1. The van der Waals surface area contributed by atoms with Gasteiger partial charge in [0.05, 0.1) is 0 Å². The molecule has 7 heteroatoms. The number of aryl methyl sites for hydroxylation is 1.